The number of nitrogens with zero attached hydrogens (tertiary/aromatic N) is 1. The topological polar surface area (TPSA) is 54.5 Å². The van der Waals surface area contributed by atoms with Gasteiger partial charge in [0.2, 0.25) is 5.91 Å². The van der Waals surface area contributed by atoms with Gasteiger partial charge in [-0.2, -0.15) is 11.8 Å². The van der Waals surface area contributed by atoms with Gasteiger partial charge in [-0.3, -0.25) is 4.79 Å². The van der Waals surface area contributed by atoms with E-state index >= 15 is 0 Å². The fraction of sp³-hybridized carbons (Fsp3) is 0.857. The summed E-state index contributed by atoms with van der Waals surface area (Å²) in [6.45, 7) is 0.726. The monoisotopic (exact) mass is 223 g/mol. The zero-order valence-corrected chi connectivity index (χ0v) is 9.16. The third-order valence-electron chi connectivity index (χ3n) is 1.96. The van der Waals surface area contributed by atoms with Crippen LogP contribution in [0.1, 0.15) is 0 Å². The maximum Gasteiger partial charge on any atom is 0.232 e. The Bertz CT molecular complexity index is 272. The normalized spacial score (nSPS) is 21.5. The van der Waals surface area contributed by atoms with Gasteiger partial charge in [0.1, 0.15) is 0 Å². The first-order chi connectivity index (χ1) is 6.05. The fourth-order valence-corrected chi connectivity index (χ4v) is 2.81. The fourth-order valence-electron chi connectivity index (χ4n) is 1.18. The predicted molar refractivity (Wildman–Crippen MR) is 53.6 cm³/mol. The Morgan fingerprint density at radius 3 is 2.38 bits per heavy atom. The summed E-state index contributed by atoms with van der Waals surface area (Å²) >= 11 is 1.46. The Labute approximate surface area is 82.6 Å². The van der Waals surface area contributed by atoms with Crippen molar-refractivity contribution in [3.05, 3.63) is 0 Å². The molecule has 0 radical (unpaired) electrons. The summed E-state index contributed by atoms with van der Waals surface area (Å²) in [5.74, 6) is 0.725. The summed E-state index contributed by atoms with van der Waals surface area (Å²) < 4.78 is 22.1. The van der Waals surface area contributed by atoms with Crippen LogP contribution in [0.5, 0.6) is 0 Å². The molecule has 0 N–H and O–H groups in total. The van der Waals surface area contributed by atoms with E-state index in [-0.39, 0.29) is 17.4 Å². The van der Waals surface area contributed by atoms with E-state index in [0.717, 1.165) is 0 Å². The van der Waals surface area contributed by atoms with Crippen molar-refractivity contribution in [2.24, 2.45) is 0 Å². The Kier molecular flexibility index (Phi) is 3.61. The van der Waals surface area contributed by atoms with E-state index in [1.807, 2.05) is 6.26 Å². The Morgan fingerprint density at radius 2 is 1.92 bits per heavy atom. The molecule has 76 valence electrons. The summed E-state index contributed by atoms with van der Waals surface area (Å²) in [5, 5.41) is 0. The van der Waals surface area contributed by atoms with Crippen LogP contribution < -0.4 is 0 Å². The predicted octanol–water partition coefficient (Wildman–Crippen LogP) is -0.394. The van der Waals surface area contributed by atoms with Gasteiger partial charge in [-0.05, 0) is 6.26 Å². The third kappa shape index (κ3) is 3.19. The molecule has 0 bridgehead atoms. The van der Waals surface area contributed by atoms with Crippen molar-refractivity contribution in [1.29, 1.82) is 0 Å². The Hall–Kier alpha value is -0.230. The molecule has 1 saturated heterocycles. The van der Waals surface area contributed by atoms with Crippen LogP contribution in [0, 0.1) is 0 Å². The summed E-state index contributed by atoms with van der Waals surface area (Å²) in [7, 11) is -2.86. The van der Waals surface area contributed by atoms with Crippen LogP contribution in [0.15, 0.2) is 0 Å². The number of rotatable bonds is 2. The molecule has 1 heterocycles. The molecule has 4 nitrogen and oxygen atoms in total. The third-order valence-corrected chi connectivity index (χ3v) is 4.11. The van der Waals surface area contributed by atoms with E-state index in [4.69, 9.17) is 0 Å². The maximum absolute atomic E-state index is 11.3. The Morgan fingerprint density at radius 1 is 1.38 bits per heavy atom. The molecule has 0 atom stereocenters. The van der Waals surface area contributed by atoms with Crippen molar-refractivity contribution in [1.82, 2.24) is 4.90 Å². The van der Waals surface area contributed by atoms with E-state index in [2.05, 4.69) is 0 Å². The molecule has 0 aromatic carbocycles. The highest BCUT2D eigenvalue weighted by molar-refractivity contribution is 7.99. The van der Waals surface area contributed by atoms with Crippen LogP contribution in [0.2, 0.25) is 0 Å². The first-order valence-electron chi connectivity index (χ1n) is 4.02. The van der Waals surface area contributed by atoms with Gasteiger partial charge in [-0.25, -0.2) is 8.42 Å². The van der Waals surface area contributed by atoms with Crippen molar-refractivity contribution in [3.8, 4) is 0 Å². The molecule has 0 spiro atoms. The minimum absolute atomic E-state index is 0.0439. The molecular formula is C7H13NO3S2. The van der Waals surface area contributed by atoms with Crippen molar-refractivity contribution in [2.75, 3.05) is 36.6 Å². The second-order valence-corrected chi connectivity index (χ2v) is 6.14. The average molecular weight is 223 g/mol. The molecule has 0 aromatic heterocycles. The first kappa shape index (κ1) is 10.8. The second-order valence-electron chi connectivity index (χ2n) is 2.97. The van der Waals surface area contributed by atoms with Gasteiger partial charge in [-0.1, -0.05) is 0 Å². The number of sulfone groups is 1. The molecule has 13 heavy (non-hydrogen) atoms. The highest BCUT2D eigenvalue weighted by Gasteiger charge is 2.24. The van der Waals surface area contributed by atoms with Gasteiger partial charge in [0.05, 0.1) is 17.3 Å². The molecule has 0 unspecified atom stereocenters. The van der Waals surface area contributed by atoms with Crippen molar-refractivity contribution in [2.45, 2.75) is 0 Å². The molecule has 6 heteroatoms. The molecular weight excluding hydrogens is 210 g/mol. The summed E-state index contributed by atoms with van der Waals surface area (Å²) in [6.07, 6.45) is 1.86. The van der Waals surface area contributed by atoms with E-state index in [9.17, 15) is 13.2 Å². The number of amides is 1. The lowest BCUT2D eigenvalue weighted by Gasteiger charge is -2.26. The van der Waals surface area contributed by atoms with Crippen LogP contribution in [0.3, 0.4) is 0 Å². The molecule has 1 fully saturated rings. The first-order valence-corrected chi connectivity index (χ1v) is 7.24. The van der Waals surface area contributed by atoms with Crippen LogP contribution in [-0.2, 0) is 14.6 Å². The van der Waals surface area contributed by atoms with Gasteiger partial charge in [-0.15, -0.1) is 0 Å². The number of carbonyl (C=O) groups excluding carboxylic acids is 1. The second kappa shape index (κ2) is 4.32. The summed E-state index contributed by atoms with van der Waals surface area (Å²) in [5.41, 5.74) is 0. The number of hydrogen-bond acceptors (Lipinski definition) is 4. The van der Waals surface area contributed by atoms with Gasteiger partial charge < -0.3 is 4.90 Å². The molecule has 0 saturated carbocycles. The SMILES string of the molecule is CSCC(=O)N1CCS(=O)(=O)CC1. The quantitative estimate of drug-likeness (QED) is 0.639. The van der Waals surface area contributed by atoms with E-state index in [0.29, 0.717) is 18.8 Å². The number of hydrogen-bond donors (Lipinski definition) is 0. The van der Waals surface area contributed by atoms with Crippen molar-refractivity contribution in [3.63, 3.8) is 0 Å². The lowest BCUT2D eigenvalue weighted by atomic mass is 10.5. The average Bonchev–Trinajstić information content (AvgIpc) is 2.04. The summed E-state index contributed by atoms with van der Waals surface area (Å²) in [4.78, 5) is 12.9. The molecule has 0 aromatic rings. The maximum atomic E-state index is 11.3. The number of carbonyl (C=O) groups is 1. The molecule has 1 aliphatic heterocycles. The van der Waals surface area contributed by atoms with Gasteiger partial charge in [0.15, 0.2) is 9.84 Å². The van der Waals surface area contributed by atoms with E-state index in [1.54, 1.807) is 4.90 Å². The van der Waals surface area contributed by atoms with Crippen molar-refractivity contribution < 1.29 is 13.2 Å². The van der Waals surface area contributed by atoms with Crippen LogP contribution in [-0.4, -0.2) is 55.8 Å². The van der Waals surface area contributed by atoms with Crippen LogP contribution in [0.4, 0.5) is 0 Å². The highest BCUT2D eigenvalue weighted by Crippen LogP contribution is 2.05. The van der Waals surface area contributed by atoms with Crippen molar-refractivity contribution >= 4 is 27.5 Å². The molecule has 1 rings (SSSR count). The van der Waals surface area contributed by atoms with E-state index < -0.39 is 9.84 Å². The lowest BCUT2D eigenvalue weighted by Crippen LogP contribution is -2.44. The smallest absolute Gasteiger partial charge is 0.232 e. The molecule has 1 amide bonds. The van der Waals surface area contributed by atoms with E-state index in [1.165, 1.54) is 11.8 Å². The largest absolute Gasteiger partial charge is 0.340 e. The van der Waals surface area contributed by atoms with Crippen LogP contribution >= 0.6 is 11.8 Å². The van der Waals surface area contributed by atoms with Gasteiger partial charge in [0.25, 0.3) is 0 Å². The summed E-state index contributed by atoms with van der Waals surface area (Å²) in [6, 6.07) is 0. The van der Waals surface area contributed by atoms with Gasteiger partial charge in [0, 0.05) is 13.1 Å². The number of thioether (sulfide) groups is 1. The Balaban J connectivity index is 2.45. The lowest BCUT2D eigenvalue weighted by molar-refractivity contribution is -0.128. The molecule has 0 aliphatic carbocycles. The minimum atomic E-state index is -2.86. The van der Waals surface area contributed by atoms with Gasteiger partial charge >= 0.3 is 0 Å². The zero-order chi connectivity index (χ0) is 9.90. The minimum Gasteiger partial charge on any atom is -0.340 e. The van der Waals surface area contributed by atoms with Crippen LogP contribution in [0.25, 0.3) is 0 Å². The zero-order valence-electron chi connectivity index (χ0n) is 7.52. The molecule has 1 aliphatic rings. The standard InChI is InChI=1S/C7H13NO3S2/c1-12-6-7(9)8-2-4-13(10,11)5-3-8/h2-6H2,1H3. The highest BCUT2D eigenvalue weighted by atomic mass is 32.2.